The fraction of sp³-hybridized carbons (Fsp3) is 0.0952. The van der Waals surface area contributed by atoms with E-state index in [2.05, 4.69) is 36.5 Å². The molecule has 0 saturated heterocycles. The number of aromatic nitrogens is 2. The van der Waals surface area contributed by atoms with Crippen molar-refractivity contribution in [3.63, 3.8) is 0 Å². The zero-order valence-electron chi connectivity index (χ0n) is 15.5. The topological polar surface area (TPSA) is 86.9 Å². The van der Waals surface area contributed by atoms with Crippen molar-refractivity contribution in [1.82, 2.24) is 15.3 Å². The van der Waals surface area contributed by atoms with Gasteiger partial charge in [0.05, 0.1) is 5.69 Å². The van der Waals surface area contributed by atoms with E-state index < -0.39 is 0 Å². The molecule has 29 heavy (non-hydrogen) atoms. The van der Waals surface area contributed by atoms with E-state index in [0.717, 1.165) is 32.2 Å². The van der Waals surface area contributed by atoms with Gasteiger partial charge in [-0.1, -0.05) is 40.2 Å². The number of hydrogen-bond acceptors (Lipinski definition) is 4. The molecule has 2 aromatic heterocycles. The third kappa shape index (κ3) is 4.55. The van der Waals surface area contributed by atoms with Gasteiger partial charge in [0.15, 0.2) is 5.13 Å². The number of benzene rings is 2. The molecule has 0 aliphatic carbocycles. The van der Waals surface area contributed by atoms with Gasteiger partial charge in [0, 0.05) is 39.8 Å². The first kappa shape index (κ1) is 19.4. The predicted octanol–water partition coefficient (Wildman–Crippen LogP) is 4.94. The molecule has 0 fully saturated rings. The second kappa shape index (κ2) is 8.18. The minimum atomic E-state index is -0.233. The van der Waals surface area contributed by atoms with Crippen LogP contribution in [0.15, 0.2) is 58.4 Å². The summed E-state index contributed by atoms with van der Waals surface area (Å²) in [7, 11) is 0. The van der Waals surface area contributed by atoms with Crippen molar-refractivity contribution in [2.45, 2.75) is 13.5 Å². The number of nitrogens with one attached hydrogen (secondary N) is 3. The second-order valence-electron chi connectivity index (χ2n) is 6.51. The highest BCUT2D eigenvalue weighted by molar-refractivity contribution is 9.10. The van der Waals surface area contributed by atoms with Gasteiger partial charge in [-0.25, -0.2) is 4.98 Å². The molecule has 2 amide bonds. The Kier molecular flexibility index (Phi) is 5.46. The Bertz CT molecular complexity index is 1200. The SMILES string of the molecule is CC(=O)NCc1ccc(-c2csc(NC(=O)c3cc4cc(Br)ccc4[nH]3)n2)cc1. The van der Waals surface area contributed by atoms with Gasteiger partial charge in [-0.2, -0.15) is 0 Å². The number of rotatable bonds is 5. The quantitative estimate of drug-likeness (QED) is 0.387. The summed E-state index contributed by atoms with van der Waals surface area (Å²) in [5.74, 6) is -0.291. The number of anilines is 1. The van der Waals surface area contributed by atoms with Crippen molar-refractivity contribution in [1.29, 1.82) is 0 Å². The monoisotopic (exact) mass is 468 g/mol. The molecule has 146 valence electrons. The maximum Gasteiger partial charge on any atom is 0.273 e. The molecule has 0 unspecified atom stereocenters. The molecule has 2 aromatic carbocycles. The normalized spacial score (nSPS) is 10.8. The van der Waals surface area contributed by atoms with E-state index in [1.807, 2.05) is 53.9 Å². The summed E-state index contributed by atoms with van der Waals surface area (Å²) in [6.07, 6.45) is 0. The number of thiazole rings is 1. The third-order valence-corrected chi connectivity index (χ3v) is 5.59. The first-order valence-electron chi connectivity index (χ1n) is 8.87. The van der Waals surface area contributed by atoms with Gasteiger partial charge >= 0.3 is 0 Å². The van der Waals surface area contributed by atoms with Crippen LogP contribution in [0.3, 0.4) is 0 Å². The van der Waals surface area contributed by atoms with E-state index in [9.17, 15) is 9.59 Å². The molecule has 4 rings (SSSR count). The lowest BCUT2D eigenvalue weighted by Gasteiger charge is -2.03. The fourth-order valence-electron chi connectivity index (χ4n) is 2.87. The lowest BCUT2D eigenvalue weighted by Crippen LogP contribution is -2.18. The van der Waals surface area contributed by atoms with Crippen LogP contribution in [0, 0.1) is 0 Å². The Morgan fingerprint density at radius 3 is 2.69 bits per heavy atom. The number of aromatic amines is 1. The minimum Gasteiger partial charge on any atom is -0.352 e. The summed E-state index contributed by atoms with van der Waals surface area (Å²) in [4.78, 5) is 31.2. The van der Waals surface area contributed by atoms with Crippen molar-refractivity contribution in [2.75, 3.05) is 5.32 Å². The molecule has 0 radical (unpaired) electrons. The molecule has 0 atom stereocenters. The number of fused-ring (bicyclic) bond motifs is 1. The summed E-state index contributed by atoms with van der Waals surface area (Å²) in [6, 6.07) is 15.4. The Morgan fingerprint density at radius 1 is 1.14 bits per heavy atom. The number of carbonyl (C=O) groups excluding carboxylic acids is 2. The second-order valence-corrected chi connectivity index (χ2v) is 8.29. The first-order chi connectivity index (χ1) is 14.0. The third-order valence-electron chi connectivity index (χ3n) is 4.34. The van der Waals surface area contributed by atoms with Crippen LogP contribution in [0.1, 0.15) is 23.0 Å². The molecule has 6 nitrogen and oxygen atoms in total. The molecule has 0 aliphatic heterocycles. The largest absolute Gasteiger partial charge is 0.352 e. The van der Waals surface area contributed by atoms with Crippen LogP contribution >= 0.6 is 27.3 Å². The number of H-pyrrole nitrogens is 1. The van der Waals surface area contributed by atoms with Crippen molar-refractivity contribution < 1.29 is 9.59 Å². The average molecular weight is 469 g/mol. The first-order valence-corrected chi connectivity index (χ1v) is 10.5. The van der Waals surface area contributed by atoms with Gasteiger partial charge in [0.2, 0.25) is 5.91 Å². The lowest BCUT2D eigenvalue weighted by atomic mass is 10.1. The summed E-state index contributed by atoms with van der Waals surface area (Å²) >= 11 is 4.81. The Balaban J connectivity index is 1.45. The van der Waals surface area contributed by atoms with E-state index in [0.29, 0.717) is 17.4 Å². The average Bonchev–Trinajstić information content (AvgIpc) is 3.33. The van der Waals surface area contributed by atoms with Crippen LogP contribution in [-0.2, 0) is 11.3 Å². The molecule has 0 bridgehead atoms. The van der Waals surface area contributed by atoms with Crippen molar-refractivity contribution in [3.05, 3.63) is 69.6 Å². The molecule has 0 aliphatic rings. The molecule has 0 saturated carbocycles. The van der Waals surface area contributed by atoms with Gasteiger partial charge in [0.1, 0.15) is 5.69 Å². The Hall–Kier alpha value is -2.97. The predicted molar refractivity (Wildman–Crippen MR) is 119 cm³/mol. The Morgan fingerprint density at radius 2 is 1.93 bits per heavy atom. The number of halogens is 1. The molecule has 8 heteroatoms. The van der Waals surface area contributed by atoms with Gasteiger partial charge in [0.25, 0.3) is 5.91 Å². The van der Waals surface area contributed by atoms with Crippen LogP contribution < -0.4 is 10.6 Å². The smallest absolute Gasteiger partial charge is 0.273 e. The van der Waals surface area contributed by atoms with Crippen LogP contribution in [0.4, 0.5) is 5.13 Å². The van der Waals surface area contributed by atoms with E-state index in [4.69, 9.17) is 0 Å². The summed E-state index contributed by atoms with van der Waals surface area (Å²) < 4.78 is 0.962. The summed E-state index contributed by atoms with van der Waals surface area (Å²) in [6.45, 7) is 1.99. The van der Waals surface area contributed by atoms with Crippen molar-refractivity contribution in [2.24, 2.45) is 0 Å². The Labute approximate surface area is 179 Å². The summed E-state index contributed by atoms with van der Waals surface area (Å²) in [5, 5.41) is 9.02. The van der Waals surface area contributed by atoms with Crippen molar-refractivity contribution in [3.8, 4) is 11.3 Å². The highest BCUT2D eigenvalue weighted by Crippen LogP contribution is 2.26. The molecular formula is C21H17BrN4O2S. The zero-order valence-corrected chi connectivity index (χ0v) is 17.9. The molecule has 3 N–H and O–H groups in total. The van der Waals surface area contributed by atoms with E-state index >= 15 is 0 Å². The van der Waals surface area contributed by atoms with Gasteiger partial charge in [-0.05, 0) is 29.8 Å². The number of carbonyl (C=O) groups is 2. The number of hydrogen-bond donors (Lipinski definition) is 3. The molecular weight excluding hydrogens is 452 g/mol. The van der Waals surface area contributed by atoms with E-state index in [1.54, 1.807) is 0 Å². The molecule has 4 aromatic rings. The van der Waals surface area contributed by atoms with Crippen LogP contribution in [0.25, 0.3) is 22.2 Å². The molecule has 2 heterocycles. The van der Waals surface area contributed by atoms with Gasteiger partial charge in [-0.15, -0.1) is 11.3 Å². The highest BCUT2D eigenvalue weighted by atomic mass is 79.9. The minimum absolute atomic E-state index is 0.0587. The van der Waals surface area contributed by atoms with Crippen LogP contribution in [0.2, 0.25) is 0 Å². The maximum absolute atomic E-state index is 12.6. The maximum atomic E-state index is 12.6. The zero-order chi connectivity index (χ0) is 20.4. The van der Waals surface area contributed by atoms with Crippen molar-refractivity contribution >= 4 is 55.1 Å². The fourth-order valence-corrected chi connectivity index (χ4v) is 3.97. The number of amides is 2. The van der Waals surface area contributed by atoms with Crippen LogP contribution in [0.5, 0.6) is 0 Å². The highest BCUT2D eigenvalue weighted by Gasteiger charge is 2.13. The lowest BCUT2D eigenvalue weighted by molar-refractivity contribution is -0.119. The van der Waals surface area contributed by atoms with Gasteiger partial charge in [-0.3, -0.25) is 14.9 Å². The van der Waals surface area contributed by atoms with Gasteiger partial charge < -0.3 is 10.3 Å². The van der Waals surface area contributed by atoms with E-state index in [-0.39, 0.29) is 11.8 Å². The van der Waals surface area contributed by atoms with E-state index in [1.165, 1.54) is 18.3 Å². The standard InChI is InChI=1S/C21H17BrN4O2S/c1-12(27)23-10-13-2-4-14(5-3-13)19-11-29-21(25-19)26-20(28)18-9-15-8-16(22)6-7-17(15)24-18/h2-9,11,24H,10H2,1H3,(H,23,27)(H,25,26,28). The molecule has 0 spiro atoms. The summed E-state index contributed by atoms with van der Waals surface area (Å²) in [5.41, 5.74) is 4.13. The van der Waals surface area contributed by atoms with Crippen LogP contribution in [-0.4, -0.2) is 21.8 Å². The number of nitrogens with zero attached hydrogens (tertiary/aromatic N) is 1.